The van der Waals surface area contributed by atoms with Crippen LogP contribution in [-0.2, 0) is 0 Å². The summed E-state index contributed by atoms with van der Waals surface area (Å²) in [6.07, 6.45) is 0.780. The fraction of sp³-hybridized carbons (Fsp3) is 0. The zero-order valence-corrected chi connectivity index (χ0v) is 9.80. The normalized spacial score (nSPS) is 9.85. The van der Waals surface area contributed by atoms with Crippen molar-refractivity contribution < 1.29 is 23.4 Å². The number of rotatable bonds is 3. The minimum Gasteiger partial charge on any atom is -0.477 e. The molecule has 0 saturated heterocycles. The van der Waals surface area contributed by atoms with E-state index in [4.69, 9.17) is 15.1 Å². The maximum Gasteiger partial charge on any atom is 0.341 e. The molecule has 1 aromatic carbocycles. The minimum absolute atomic E-state index is 0.0527. The van der Waals surface area contributed by atoms with Crippen LogP contribution in [0.1, 0.15) is 15.9 Å². The van der Waals surface area contributed by atoms with Crippen molar-refractivity contribution in [3.63, 3.8) is 0 Å². The molecule has 0 spiro atoms. The number of aromatic carboxylic acids is 1. The number of halogens is 2. The smallest absolute Gasteiger partial charge is 0.341 e. The summed E-state index contributed by atoms with van der Waals surface area (Å²) in [5.74, 6) is -3.50. The quantitative estimate of drug-likeness (QED) is 0.931. The van der Waals surface area contributed by atoms with Crippen LogP contribution in [0.15, 0.2) is 30.5 Å². The highest BCUT2D eigenvalue weighted by molar-refractivity contribution is 5.90. The molecular formula is C13H6F2N2O3. The molecule has 1 aromatic heterocycles. The van der Waals surface area contributed by atoms with E-state index in [-0.39, 0.29) is 17.2 Å². The molecule has 0 aliphatic carbocycles. The van der Waals surface area contributed by atoms with Crippen LogP contribution in [0.3, 0.4) is 0 Å². The van der Waals surface area contributed by atoms with E-state index < -0.39 is 23.2 Å². The number of hydrogen-bond acceptors (Lipinski definition) is 4. The van der Waals surface area contributed by atoms with Crippen molar-refractivity contribution in [3.8, 4) is 17.7 Å². The van der Waals surface area contributed by atoms with Crippen LogP contribution in [0.25, 0.3) is 0 Å². The third-order valence-corrected chi connectivity index (χ3v) is 2.32. The molecule has 20 heavy (non-hydrogen) atoms. The predicted octanol–water partition coefficient (Wildman–Crippen LogP) is 2.72. The Kier molecular flexibility index (Phi) is 3.57. The average Bonchev–Trinajstić information content (AvgIpc) is 2.41. The SMILES string of the molecule is N#Cc1ccc(Oc2ncc(F)cc2C(=O)O)cc1F. The molecule has 1 heterocycles. The Hall–Kier alpha value is -3.01. The number of carboxylic acids is 1. The maximum absolute atomic E-state index is 13.4. The number of ether oxygens (including phenoxy) is 1. The van der Waals surface area contributed by atoms with Crippen molar-refractivity contribution in [1.29, 1.82) is 5.26 Å². The summed E-state index contributed by atoms with van der Waals surface area (Å²) >= 11 is 0. The van der Waals surface area contributed by atoms with E-state index in [1.54, 1.807) is 6.07 Å². The molecule has 7 heteroatoms. The van der Waals surface area contributed by atoms with E-state index in [1.807, 2.05) is 0 Å². The molecule has 0 aliphatic heterocycles. The van der Waals surface area contributed by atoms with E-state index in [0.29, 0.717) is 0 Å². The second-order valence-corrected chi connectivity index (χ2v) is 3.67. The van der Waals surface area contributed by atoms with Crippen LogP contribution < -0.4 is 4.74 Å². The van der Waals surface area contributed by atoms with Gasteiger partial charge in [-0.3, -0.25) is 0 Å². The standard InChI is InChI=1S/C13H6F2N2O3/c14-8-3-10(13(18)19)12(17-6-8)20-9-2-1-7(5-16)11(15)4-9/h1-4,6H,(H,18,19). The number of benzene rings is 1. The molecule has 0 amide bonds. The third-order valence-electron chi connectivity index (χ3n) is 2.32. The first-order chi connectivity index (χ1) is 9.51. The molecule has 5 nitrogen and oxygen atoms in total. The van der Waals surface area contributed by atoms with E-state index in [1.165, 1.54) is 12.1 Å². The first kappa shape index (κ1) is 13.4. The van der Waals surface area contributed by atoms with Crippen LogP contribution in [0, 0.1) is 23.0 Å². The molecule has 2 rings (SSSR count). The van der Waals surface area contributed by atoms with Gasteiger partial charge in [-0.2, -0.15) is 5.26 Å². The van der Waals surface area contributed by atoms with E-state index in [9.17, 15) is 13.6 Å². The Bertz CT molecular complexity index is 726. The van der Waals surface area contributed by atoms with Crippen molar-refractivity contribution in [2.45, 2.75) is 0 Å². The van der Waals surface area contributed by atoms with E-state index >= 15 is 0 Å². The summed E-state index contributed by atoms with van der Waals surface area (Å²) < 4.78 is 31.4. The first-order valence-electron chi connectivity index (χ1n) is 5.27. The fourth-order valence-electron chi connectivity index (χ4n) is 1.42. The highest BCUT2D eigenvalue weighted by Gasteiger charge is 2.15. The van der Waals surface area contributed by atoms with Crippen molar-refractivity contribution in [3.05, 3.63) is 53.2 Å². The highest BCUT2D eigenvalue weighted by Crippen LogP contribution is 2.25. The number of hydrogen-bond donors (Lipinski definition) is 1. The lowest BCUT2D eigenvalue weighted by atomic mass is 10.2. The van der Waals surface area contributed by atoms with Gasteiger partial charge < -0.3 is 9.84 Å². The average molecular weight is 276 g/mol. The lowest BCUT2D eigenvalue weighted by molar-refractivity contribution is 0.0692. The summed E-state index contributed by atoms with van der Waals surface area (Å²) in [4.78, 5) is 14.4. The minimum atomic E-state index is -1.43. The van der Waals surface area contributed by atoms with Gasteiger partial charge in [-0.05, 0) is 18.2 Å². The van der Waals surface area contributed by atoms with Gasteiger partial charge in [0, 0.05) is 6.07 Å². The second kappa shape index (κ2) is 5.32. The molecule has 0 radical (unpaired) electrons. The molecule has 1 N–H and O–H groups in total. The molecule has 0 bridgehead atoms. The molecule has 0 atom stereocenters. The van der Waals surface area contributed by atoms with Gasteiger partial charge in [-0.1, -0.05) is 0 Å². The molecule has 100 valence electrons. The van der Waals surface area contributed by atoms with Gasteiger partial charge in [0.2, 0.25) is 5.88 Å². The van der Waals surface area contributed by atoms with E-state index in [0.717, 1.165) is 18.3 Å². The summed E-state index contributed by atoms with van der Waals surface area (Å²) in [7, 11) is 0. The largest absolute Gasteiger partial charge is 0.477 e. The van der Waals surface area contributed by atoms with Crippen LogP contribution in [0.5, 0.6) is 11.6 Å². The maximum atomic E-state index is 13.4. The monoisotopic (exact) mass is 276 g/mol. The topological polar surface area (TPSA) is 83.2 Å². The third kappa shape index (κ3) is 2.70. The number of nitrogens with zero attached hydrogens (tertiary/aromatic N) is 2. The van der Waals surface area contributed by atoms with E-state index in [2.05, 4.69) is 4.98 Å². The van der Waals surface area contributed by atoms with Crippen molar-refractivity contribution >= 4 is 5.97 Å². The number of pyridine rings is 1. The van der Waals surface area contributed by atoms with Crippen LogP contribution in [0.2, 0.25) is 0 Å². The molecular weight excluding hydrogens is 270 g/mol. The van der Waals surface area contributed by atoms with Gasteiger partial charge in [0.05, 0.1) is 11.8 Å². The van der Waals surface area contributed by atoms with Crippen molar-refractivity contribution in [2.75, 3.05) is 0 Å². The number of carboxylic acid groups (broad SMARTS) is 1. The van der Waals surface area contributed by atoms with Crippen LogP contribution in [0.4, 0.5) is 8.78 Å². The number of aromatic nitrogens is 1. The molecule has 0 fully saturated rings. The van der Waals surface area contributed by atoms with Gasteiger partial charge in [-0.25, -0.2) is 18.6 Å². The Morgan fingerprint density at radius 1 is 1.35 bits per heavy atom. The van der Waals surface area contributed by atoms with Crippen LogP contribution >= 0.6 is 0 Å². The summed E-state index contributed by atoms with van der Waals surface area (Å²) in [5, 5.41) is 17.5. The van der Waals surface area contributed by atoms with Gasteiger partial charge in [0.1, 0.15) is 29.0 Å². The lowest BCUT2D eigenvalue weighted by Gasteiger charge is -2.07. The van der Waals surface area contributed by atoms with Gasteiger partial charge in [0.25, 0.3) is 0 Å². The molecule has 0 aliphatic rings. The summed E-state index contributed by atoms with van der Waals surface area (Å²) in [6, 6.07) is 5.74. The number of nitriles is 1. The fourth-order valence-corrected chi connectivity index (χ4v) is 1.42. The zero-order chi connectivity index (χ0) is 14.7. The van der Waals surface area contributed by atoms with Crippen molar-refractivity contribution in [2.24, 2.45) is 0 Å². The Morgan fingerprint density at radius 2 is 2.10 bits per heavy atom. The predicted molar refractivity (Wildman–Crippen MR) is 62.3 cm³/mol. The Morgan fingerprint density at radius 3 is 2.70 bits per heavy atom. The number of carbonyl (C=O) groups is 1. The highest BCUT2D eigenvalue weighted by atomic mass is 19.1. The Balaban J connectivity index is 2.38. The molecule has 0 saturated carbocycles. The zero-order valence-electron chi connectivity index (χ0n) is 9.80. The lowest BCUT2D eigenvalue weighted by Crippen LogP contribution is -2.03. The van der Waals surface area contributed by atoms with Crippen molar-refractivity contribution in [1.82, 2.24) is 4.98 Å². The van der Waals surface area contributed by atoms with Gasteiger partial charge in [-0.15, -0.1) is 0 Å². The summed E-state index contributed by atoms with van der Waals surface area (Å²) in [6.45, 7) is 0. The first-order valence-corrected chi connectivity index (χ1v) is 5.27. The summed E-state index contributed by atoms with van der Waals surface area (Å²) in [5.41, 5.74) is -0.669. The molecule has 0 unspecified atom stereocenters. The second-order valence-electron chi connectivity index (χ2n) is 3.67. The molecule has 2 aromatic rings. The van der Waals surface area contributed by atoms with Crippen LogP contribution in [-0.4, -0.2) is 16.1 Å². The van der Waals surface area contributed by atoms with Gasteiger partial charge >= 0.3 is 5.97 Å². The Labute approximate surface area is 111 Å². The van der Waals surface area contributed by atoms with Gasteiger partial charge in [0.15, 0.2) is 0 Å².